The molecule has 0 amide bonds. The lowest BCUT2D eigenvalue weighted by Crippen LogP contribution is -2.35. The summed E-state index contributed by atoms with van der Waals surface area (Å²) in [5.74, 6) is 0.825. The molecular weight excluding hydrogens is 302 g/mol. The Balaban J connectivity index is 2.03. The second-order valence-corrected chi connectivity index (χ2v) is 7.63. The predicted molar refractivity (Wildman–Crippen MR) is 82.4 cm³/mol. The Morgan fingerprint density at radius 3 is 2.86 bits per heavy atom. The van der Waals surface area contributed by atoms with E-state index in [0.717, 1.165) is 37.3 Å². The number of aromatic nitrogens is 4. The highest BCUT2D eigenvalue weighted by molar-refractivity contribution is 7.90. The predicted octanol–water partition coefficient (Wildman–Crippen LogP) is 1.64. The van der Waals surface area contributed by atoms with Crippen LogP contribution in [0.25, 0.3) is 0 Å². The largest absolute Gasteiger partial charge is 0.348 e. The Kier molecular flexibility index (Phi) is 3.86. The van der Waals surface area contributed by atoms with E-state index in [2.05, 4.69) is 25.1 Å². The van der Waals surface area contributed by atoms with Gasteiger partial charge in [0.1, 0.15) is 17.0 Å². The quantitative estimate of drug-likeness (QED) is 0.924. The Hall–Kier alpha value is -1.96. The average molecular weight is 321 g/mol. The molecule has 22 heavy (non-hydrogen) atoms. The van der Waals surface area contributed by atoms with Crippen LogP contribution in [0.2, 0.25) is 0 Å². The normalized spacial score (nSPS) is 19.4. The van der Waals surface area contributed by atoms with Crippen molar-refractivity contribution < 1.29 is 8.42 Å². The van der Waals surface area contributed by atoms with E-state index in [-0.39, 0.29) is 10.9 Å². The maximum atomic E-state index is 12.0. The van der Waals surface area contributed by atoms with E-state index < -0.39 is 9.84 Å². The minimum Gasteiger partial charge on any atom is -0.348 e. The molecule has 0 unspecified atom stereocenters. The van der Waals surface area contributed by atoms with Crippen LogP contribution in [0.4, 0.5) is 5.82 Å². The first kappa shape index (κ1) is 15.0. The van der Waals surface area contributed by atoms with E-state index >= 15 is 0 Å². The molecular formula is C14H19N5O2S. The Morgan fingerprint density at radius 2 is 2.14 bits per heavy atom. The third-order valence-corrected chi connectivity index (χ3v) is 5.08. The van der Waals surface area contributed by atoms with Crippen molar-refractivity contribution in [3.63, 3.8) is 0 Å². The maximum absolute atomic E-state index is 12.0. The van der Waals surface area contributed by atoms with Gasteiger partial charge in [-0.1, -0.05) is 0 Å². The summed E-state index contributed by atoms with van der Waals surface area (Å²) in [7, 11) is -3.31. The number of rotatable bonds is 3. The van der Waals surface area contributed by atoms with Gasteiger partial charge in [0, 0.05) is 24.6 Å². The van der Waals surface area contributed by atoms with Gasteiger partial charge in [0.2, 0.25) is 0 Å². The third-order valence-electron chi connectivity index (χ3n) is 3.95. The molecule has 118 valence electrons. The molecule has 7 nitrogen and oxygen atoms in total. The highest BCUT2D eigenvalue weighted by atomic mass is 32.2. The van der Waals surface area contributed by atoms with Crippen LogP contribution in [0.5, 0.6) is 0 Å². The van der Waals surface area contributed by atoms with Crippen LogP contribution >= 0.6 is 0 Å². The summed E-state index contributed by atoms with van der Waals surface area (Å²) >= 11 is 0. The lowest BCUT2D eigenvalue weighted by atomic mass is 9.99. The van der Waals surface area contributed by atoms with Crippen LogP contribution < -0.4 is 4.90 Å². The molecule has 1 aliphatic heterocycles. The fraction of sp³-hybridized carbons (Fsp3) is 0.500. The fourth-order valence-corrected chi connectivity index (χ4v) is 3.75. The molecule has 1 aliphatic rings. The standard InChI is InChI=1S/C14H19N5O2S/c1-10-7-13(16-9-15-10)19-6-4-3-5-11(19)14-12(8-17-18-14)22(2,20)21/h7-9,11H,3-6H2,1-2H3,(H,17,18)/t11-/m0/s1. The topological polar surface area (TPSA) is 91.8 Å². The number of aryl methyl sites for hydroxylation is 1. The second kappa shape index (κ2) is 5.68. The van der Waals surface area contributed by atoms with Gasteiger partial charge in [-0.25, -0.2) is 18.4 Å². The number of anilines is 1. The van der Waals surface area contributed by atoms with Gasteiger partial charge in [0.15, 0.2) is 9.84 Å². The lowest BCUT2D eigenvalue weighted by Gasteiger charge is -2.36. The van der Waals surface area contributed by atoms with Gasteiger partial charge in [-0.2, -0.15) is 5.10 Å². The lowest BCUT2D eigenvalue weighted by molar-refractivity contribution is 0.455. The first-order valence-electron chi connectivity index (χ1n) is 7.25. The van der Waals surface area contributed by atoms with E-state index in [1.165, 1.54) is 12.5 Å². The van der Waals surface area contributed by atoms with E-state index in [0.29, 0.717) is 5.69 Å². The van der Waals surface area contributed by atoms with Gasteiger partial charge in [-0.05, 0) is 26.2 Å². The molecule has 3 heterocycles. The molecule has 1 atom stereocenters. The van der Waals surface area contributed by atoms with E-state index in [1.807, 2.05) is 13.0 Å². The van der Waals surface area contributed by atoms with Crippen molar-refractivity contribution in [1.82, 2.24) is 20.2 Å². The number of nitrogens with one attached hydrogen (secondary N) is 1. The zero-order valence-corrected chi connectivity index (χ0v) is 13.5. The summed E-state index contributed by atoms with van der Waals surface area (Å²) < 4.78 is 23.9. The number of nitrogens with zero attached hydrogens (tertiary/aromatic N) is 4. The minimum atomic E-state index is -3.31. The molecule has 3 rings (SSSR count). The van der Waals surface area contributed by atoms with Gasteiger partial charge in [-0.3, -0.25) is 5.10 Å². The molecule has 2 aromatic heterocycles. The zero-order chi connectivity index (χ0) is 15.7. The average Bonchev–Trinajstić information content (AvgIpc) is 2.97. The number of piperidine rings is 1. The molecule has 0 saturated carbocycles. The van der Waals surface area contributed by atoms with Gasteiger partial charge < -0.3 is 4.90 Å². The van der Waals surface area contributed by atoms with Crippen molar-refractivity contribution in [1.29, 1.82) is 0 Å². The maximum Gasteiger partial charge on any atom is 0.178 e. The molecule has 8 heteroatoms. The molecule has 1 fully saturated rings. The Bertz CT molecular complexity index is 771. The number of sulfone groups is 1. The highest BCUT2D eigenvalue weighted by Gasteiger charge is 2.30. The Morgan fingerprint density at radius 1 is 1.32 bits per heavy atom. The van der Waals surface area contributed by atoms with Crippen LogP contribution in [0.15, 0.2) is 23.5 Å². The van der Waals surface area contributed by atoms with Gasteiger partial charge in [0.05, 0.1) is 17.9 Å². The zero-order valence-electron chi connectivity index (χ0n) is 12.7. The van der Waals surface area contributed by atoms with Crippen LogP contribution in [0.1, 0.15) is 36.7 Å². The van der Waals surface area contributed by atoms with Crippen LogP contribution in [-0.4, -0.2) is 41.4 Å². The molecule has 0 radical (unpaired) electrons. The SMILES string of the molecule is Cc1cc(N2CCCC[C@H]2c2[nH]ncc2S(C)(=O)=O)ncn1. The van der Waals surface area contributed by atoms with E-state index in [4.69, 9.17) is 0 Å². The summed E-state index contributed by atoms with van der Waals surface area (Å²) in [4.78, 5) is 10.9. The first-order chi connectivity index (χ1) is 10.5. The van der Waals surface area contributed by atoms with Crippen LogP contribution in [-0.2, 0) is 9.84 Å². The minimum absolute atomic E-state index is 0.0599. The fourth-order valence-electron chi connectivity index (χ4n) is 2.92. The van der Waals surface area contributed by atoms with Gasteiger partial charge in [0.25, 0.3) is 0 Å². The summed E-state index contributed by atoms with van der Waals surface area (Å²) in [6, 6.07) is 1.87. The van der Waals surface area contributed by atoms with Gasteiger partial charge >= 0.3 is 0 Å². The van der Waals surface area contributed by atoms with Gasteiger partial charge in [-0.15, -0.1) is 0 Å². The molecule has 0 aromatic carbocycles. The van der Waals surface area contributed by atoms with Crippen molar-refractivity contribution in [2.45, 2.75) is 37.1 Å². The smallest absolute Gasteiger partial charge is 0.178 e. The summed E-state index contributed by atoms with van der Waals surface area (Å²) in [6.45, 7) is 2.76. The second-order valence-electron chi connectivity index (χ2n) is 5.64. The van der Waals surface area contributed by atoms with Crippen LogP contribution in [0, 0.1) is 6.92 Å². The van der Waals surface area contributed by atoms with Crippen molar-refractivity contribution in [2.24, 2.45) is 0 Å². The molecule has 1 saturated heterocycles. The molecule has 1 N–H and O–H groups in total. The number of hydrogen-bond acceptors (Lipinski definition) is 6. The molecule has 0 bridgehead atoms. The third kappa shape index (κ3) is 2.83. The summed E-state index contributed by atoms with van der Waals surface area (Å²) in [5, 5.41) is 6.83. The number of H-pyrrole nitrogens is 1. The van der Waals surface area contributed by atoms with Crippen molar-refractivity contribution in [3.8, 4) is 0 Å². The summed E-state index contributed by atoms with van der Waals surface area (Å²) in [5.41, 5.74) is 1.54. The van der Waals surface area contributed by atoms with Crippen molar-refractivity contribution >= 4 is 15.7 Å². The van der Waals surface area contributed by atoms with Crippen LogP contribution in [0.3, 0.4) is 0 Å². The molecule has 0 aliphatic carbocycles. The van der Waals surface area contributed by atoms with E-state index in [9.17, 15) is 8.42 Å². The van der Waals surface area contributed by atoms with E-state index in [1.54, 1.807) is 6.33 Å². The number of hydrogen-bond donors (Lipinski definition) is 1. The molecule has 2 aromatic rings. The number of aromatic amines is 1. The van der Waals surface area contributed by atoms with Crippen molar-refractivity contribution in [2.75, 3.05) is 17.7 Å². The van der Waals surface area contributed by atoms with Crippen molar-refractivity contribution in [3.05, 3.63) is 30.0 Å². The monoisotopic (exact) mass is 321 g/mol. The first-order valence-corrected chi connectivity index (χ1v) is 9.14. The molecule has 0 spiro atoms. The Labute approximate surface area is 129 Å². The summed E-state index contributed by atoms with van der Waals surface area (Å²) in [6.07, 6.45) is 7.12. The highest BCUT2D eigenvalue weighted by Crippen LogP contribution is 2.35.